The molecule has 0 radical (unpaired) electrons. The highest BCUT2D eigenvalue weighted by Crippen LogP contribution is 2.13. The molecule has 0 aromatic heterocycles. The largest absolute Gasteiger partial charge is 0.378 e. The van der Waals surface area contributed by atoms with Crippen LogP contribution in [0.4, 0.5) is 0 Å². The van der Waals surface area contributed by atoms with Crippen LogP contribution >= 0.6 is 0 Å². The summed E-state index contributed by atoms with van der Waals surface area (Å²) in [7, 11) is 0. The normalized spacial score (nSPS) is 13.3. The smallest absolute Gasteiger partial charge is 0.0572 e. The number of unbranched alkanes of at least 4 members (excludes halogenated alkanes) is 4. The van der Waals surface area contributed by atoms with E-state index in [0.717, 1.165) is 12.5 Å². The van der Waals surface area contributed by atoms with E-state index >= 15 is 0 Å². The van der Waals surface area contributed by atoms with Crippen molar-refractivity contribution < 1.29 is 4.74 Å². The fourth-order valence-electron chi connectivity index (χ4n) is 1.85. The highest BCUT2D eigenvalue weighted by molar-refractivity contribution is 4.57. The second kappa shape index (κ2) is 11.4. The summed E-state index contributed by atoms with van der Waals surface area (Å²) in [6.07, 6.45) is 11.0. The third-order valence-corrected chi connectivity index (χ3v) is 3.13. The second-order valence-electron chi connectivity index (χ2n) is 5.29. The third kappa shape index (κ3) is 10.5. The molecular formula is C15H32O. The van der Waals surface area contributed by atoms with Crippen molar-refractivity contribution in [1.82, 2.24) is 0 Å². The van der Waals surface area contributed by atoms with E-state index in [-0.39, 0.29) is 0 Å². The molecule has 0 aliphatic rings. The molecule has 0 fully saturated rings. The Morgan fingerprint density at radius 1 is 0.875 bits per heavy atom. The molecule has 0 aliphatic heterocycles. The average Bonchev–Trinajstić information content (AvgIpc) is 2.26. The van der Waals surface area contributed by atoms with Crippen molar-refractivity contribution in [2.45, 2.75) is 85.2 Å². The Morgan fingerprint density at radius 2 is 1.56 bits per heavy atom. The van der Waals surface area contributed by atoms with Crippen molar-refractivity contribution in [2.75, 3.05) is 6.61 Å². The van der Waals surface area contributed by atoms with E-state index in [2.05, 4.69) is 27.7 Å². The average molecular weight is 228 g/mol. The van der Waals surface area contributed by atoms with Crippen LogP contribution in [0, 0.1) is 5.92 Å². The Hall–Kier alpha value is -0.0400. The van der Waals surface area contributed by atoms with Crippen LogP contribution in [0.15, 0.2) is 0 Å². The Labute approximate surface area is 103 Å². The minimum Gasteiger partial charge on any atom is -0.378 e. The van der Waals surface area contributed by atoms with E-state index in [4.69, 9.17) is 4.74 Å². The number of hydrogen-bond acceptors (Lipinski definition) is 1. The van der Waals surface area contributed by atoms with Gasteiger partial charge in [0.2, 0.25) is 0 Å². The van der Waals surface area contributed by atoms with E-state index < -0.39 is 0 Å². The fraction of sp³-hybridized carbons (Fsp3) is 1.00. The SMILES string of the molecule is CCCCCCCC(CC)OCCC(C)C. The molecule has 98 valence electrons. The molecule has 0 rings (SSSR count). The van der Waals surface area contributed by atoms with Crippen LogP contribution in [-0.4, -0.2) is 12.7 Å². The maximum atomic E-state index is 5.91. The van der Waals surface area contributed by atoms with Crippen LogP contribution in [0.5, 0.6) is 0 Å². The van der Waals surface area contributed by atoms with Gasteiger partial charge in [-0.2, -0.15) is 0 Å². The van der Waals surface area contributed by atoms with Gasteiger partial charge in [-0.05, 0) is 25.2 Å². The first-order chi connectivity index (χ1) is 7.70. The van der Waals surface area contributed by atoms with Crippen molar-refractivity contribution in [3.63, 3.8) is 0 Å². The molecule has 0 saturated carbocycles. The van der Waals surface area contributed by atoms with Gasteiger partial charge >= 0.3 is 0 Å². The molecular weight excluding hydrogens is 196 g/mol. The lowest BCUT2D eigenvalue weighted by atomic mass is 10.1. The molecule has 0 spiro atoms. The van der Waals surface area contributed by atoms with E-state index in [1.54, 1.807) is 0 Å². The minimum absolute atomic E-state index is 0.514. The Bertz CT molecular complexity index is 131. The van der Waals surface area contributed by atoms with Gasteiger partial charge in [-0.3, -0.25) is 0 Å². The van der Waals surface area contributed by atoms with Gasteiger partial charge in [0.15, 0.2) is 0 Å². The summed E-state index contributed by atoms with van der Waals surface area (Å²) >= 11 is 0. The molecule has 0 heterocycles. The lowest BCUT2D eigenvalue weighted by Crippen LogP contribution is -2.13. The minimum atomic E-state index is 0.514. The van der Waals surface area contributed by atoms with E-state index in [1.807, 2.05) is 0 Å². The second-order valence-corrected chi connectivity index (χ2v) is 5.29. The molecule has 0 aromatic carbocycles. The highest BCUT2D eigenvalue weighted by atomic mass is 16.5. The summed E-state index contributed by atoms with van der Waals surface area (Å²) in [6, 6.07) is 0. The molecule has 0 aromatic rings. The molecule has 16 heavy (non-hydrogen) atoms. The van der Waals surface area contributed by atoms with Crippen LogP contribution in [0.3, 0.4) is 0 Å². The summed E-state index contributed by atoms with van der Waals surface area (Å²) in [4.78, 5) is 0. The van der Waals surface area contributed by atoms with E-state index in [0.29, 0.717) is 6.10 Å². The summed E-state index contributed by atoms with van der Waals surface area (Å²) < 4.78 is 5.91. The van der Waals surface area contributed by atoms with Crippen molar-refractivity contribution in [3.8, 4) is 0 Å². The van der Waals surface area contributed by atoms with Crippen molar-refractivity contribution in [2.24, 2.45) is 5.92 Å². The predicted molar refractivity (Wildman–Crippen MR) is 72.9 cm³/mol. The van der Waals surface area contributed by atoms with Crippen LogP contribution in [-0.2, 0) is 4.74 Å². The van der Waals surface area contributed by atoms with Crippen molar-refractivity contribution in [3.05, 3.63) is 0 Å². The first kappa shape index (κ1) is 16.0. The molecule has 1 nitrogen and oxygen atoms in total. The van der Waals surface area contributed by atoms with Gasteiger partial charge in [0.1, 0.15) is 0 Å². The third-order valence-electron chi connectivity index (χ3n) is 3.13. The van der Waals surface area contributed by atoms with Crippen LogP contribution in [0.25, 0.3) is 0 Å². The predicted octanol–water partition coefficient (Wildman–Crippen LogP) is 5.19. The first-order valence-electron chi connectivity index (χ1n) is 7.32. The maximum Gasteiger partial charge on any atom is 0.0572 e. The summed E-state index contributed by atoms with van der Waals surface area (Å²) in [5, 5.41) is 0. The Balaban J connectivity index is 3.36. The molecule has 1 atom stereocenters. The molecule has 0 aliphatic carbocycles. The number of ether oxygens (including phenoxy) is 1. The lowest BCUT2D eigenvalue weighted by molar-refractivity contribution is 0.0369. The van der Waals surface area contributed by atoms with Crippen LogP contribution in [0.1, 0.15) is 79.1 Å². The highest BCUT2D eigenvalue weighted by Gasteiger charge is 2.06. The number of hydrogen-bond donors (Lipinski definition) is 0. The topological polar surface area (TPSA) is 9.23 Å². The van der Waals surface area contributed by atoms with Gasteiger partial charge in [-0.25, -0.2) is 0 Å². The van der Waals surface area contributed by atoms with Gasteiger partial charge in [0.25, 0.3) is 0 Å². The first-order valence-corrected chi connectivity index (χ1v) is 7.32. The quantitative estimate of drug-likeness (QED) is 0.442. The summed E-state index contributed by atoms with van der Waals surface area (Å²) in [5.41, 5.74) is 0. The van der Waals surface area contributed by atoms with E-state index in [9.17, 15) is 0 Å². The van der Waals surface area contributed by atoms with E-state index in [1.165, 1.54) is 51.4 Å². The standard InChI is InChI=1S/C15H32O/c1-5-7-8-9-10-11-15(6-2)16-13-12-14(3)4/h14-15H,5-13H2,1-4H3. The monoisotopic (exact) mass is 228 g/mol. The van der Waals surface area contributed by atoms with Gasteiger partial charge in [0, 0.05) is 6.61 Å². The zero-order chi connectivity index (χ0) is 12.2. The van der Waals surface area contributed by atoms with Gasteiger partial charge in [-0.15, -0.1) is 0 Å². The molecule has 1 heteroatoms. The summed E-state index contributed by atoms with van der Waals surface area (Å²) in [6.45, 7) is 9.98. The lowest BCUT2D eigenvalue weighted by Gasteiger charge is -2.16. The maximum absolute atomic E-state index is 5.91. The molecule has 0 saturated heterocycles. The van der Waals surface area contributed by atoms with Gasteiger partial charge in [-0.1, -0.05) is 59.8 Å². The molecule has 0 amide bonds. The van der Waals surface area contributed by atoms with Crippen LogP contribution in [0.2, 0.25) is 0 Å². The van der Waals surface area contributed by atoms with Gasteiger partial charge < -0.3 is 4.74 Å². The summed E-state index contributed by atoms with van der Waals surface area (Å²) in [5.74, 6) is 0.766. The zero-order valence-corrected chi connectivity index (χ0v) is 11.9. The zero-order valence-electron chi connectivity index (χ0n) is 11.9. The number of rotatable bonds is 11. The van der Waals surface area contributed by atoms with Crippen molar-refractivity contribution in [1.29, 1.82) is 0 Å². The molecule has 0 N–H and O–H groups in total. The van der Waals surface area contributed by atoms with Crippen molar-refractivity contribution >= 4 is 0 Å². The molecule has 1 unspecified atom stereocenters. The van der Waals surface area contributed by atoms with Gasteiger partial charge in [0.05, 0.1) is 6.10 Å². The Kier molecular flexibility index (Phi) is 11.4. The molecule has 0 bridgehead atoms. The fourth-order valence-corrected chi connectivity index (χ4v) is 1.85. The Morgan fingerprint density at radius 3 is 2.12 bits per heavy atom. The van der Waals surface area contributed by atoms with Crippen LogP contribution < -0.4 is 0 Å².